The van der Waals surface area contributed by atoms with Gasteiger partial charge in [-0.1, -0.05) is 36.4 Å². The van der Waals surface area contributed by atoms with E-state index in [2.05, 4.69) is 19.6 Å². The van der Waals surface area contributed by atoms with E-state index in [0.717, 1.165) is 57.8 Å². The molecule has 2 aliphatic rings. The van der Waals surface area contributed by atoms with Crippen LogP contribution < -0.4 is 0 Å². The molecule has 0 aliphatic heterocycles. The van der Waals surface area contributed by atoms with E-state index in [1.54, 1.807) is 60.7 Å². The maximum Gasteiger partial charge on any atom is 0.550 e. The fraction of sp³-hybridized carbons (Fsp3) is 0.448. The van der Waals surface area contributed by atoms with E-state index in [9.17, 15) is 19.2 Å². The first-order valence-electron chi connectivity index (χ1n) is 13.2. The number of carbonyl (C=O) groups excluding carboxylic acids is 4. The van der Waals surface area contributed by atoms with Gasteiger partial charge >= 0.3 is 24.2 Å². The first-order valence-corrected chi connectivity index (χ1v) is 13.2. The lowest BCUT2D eigenvalue weighted by atomic mass is 9.76. The Hall–Kier alpha value is -4.08. The third-order valence-corrected chi connectivity index (χ3v) is 7.17. The lowest BCUT2D eigenvalue weighted by Gasteiger charge is -2.33. The molecule has 0 amide bonds. The average molecular weight is 541 g/mol. The maximum absolute atomic E-state index is 11.9. The fourth-order valence-electron chi connectivity index (χ4n) is 5.14. The van der Waals surface area contributed by atoms with Gasteiger partial charge in [-0.3, -0.25) is 0 Å². The summed E-state index contributed by atoms with van der Waals surface area (Å²) in [5.41, 5.74) is 0.548. The second-order valence-corrected chi connectivity index (χ2v) is 9.90. The summed E-state index contributed by atoms with van der Waals surface area (Å²) in [5.74, 6) is -0.470. The van der Waals surface area contributed by atoms with Gasteiger partial charge in [0.15, 0.2) is 0 Å². The van der Waals surface area contributed by atoms with Crippen LogP contribution in [-0.4, -0.2) is 36.5 Å². The monoisotopic (exact) mass is 540 g/mol. The Balaban J connectivity index is 1.06. The molecule has 2 aliphatic carbocycles. The fourth-order valence-corrected chi connectivity index (χ4v) is 5.14. The Morgan fingerprint density at radius 3 is 1.23 bits per heavy atom. The second-order valence-electron chi connectivity index (χ2n) is 9.90. The highest BCUT2D eigenvalue weighted by Gasteiger charge is 2.30. The van der Waals surface area contributed by atoms with Crippen molar-refractivity contribution < 1.29 is 48.2 Å². The second kappa shape index (κ2) is 14.2. The summed E-state index contributed by atoms with van der Waals surface area (Å²) in [7, 11) is 0. The third kappa shape index (κ3) is 9.01. The Morgan fingerprint density at radius 1 is 0.513 bits per heavy atom. The maximum atomic E-state index is 11.9. The number of carbonyl (C=O) groups is 4. The molecule has 0 unspecified atom stereocenters. The quantitative estimate of drug-likeness (QED) is 0.233. The van der Waals surface area contributed by atoms with E-state index >= 15 is 0 Å². The van der Waals surface area contributed by atoms with E-state index in [0.29, 0.717) is 11.8 Å². The Bertz CT molecular complexity index is 1000. The van der Waals surface area contributed by atoms with Gasteiger partial charge in [0.2, 0.25) is 0 Å². The molecule has 0 aromatic heterocycles. The Morgan fingerprint density at radius 2 is 0.872 bits per heavy atom. The highest BCUT2D eigenvalue weighted by molar-refractivity contribution is 5.89. The van der Waals surface area contributed by atoms with Crippen molar-refractivity contribution in [3.63, 3.8) is 0 Å². The minimum atomic E-state index is -1.02. The van der Waals surface area contributed by atoms with E-state index in [1.807, 2.05) is 0 Å². The first kappa shape index (κ1) is 27.9. The summed E-state index contributed by atoms with van der Waals surface area (Å²) in [4.78, 5) is 65.6. The van der Waals surface area contributed by atoms with Crippen molar-refractivity contribution in [2.45, 2.75) is 70.0 Å². The predicted octanol–water partition coefficient (Wildman–Crippen LogP) is 6.34. The smallest absolute Gasteiger partial charge is 0.428 e. The molecular weight excluding hydrogens is 508 g/mol. The minimum Gasteiger partial charge on any atom is -0.428 e. The number of rotatable bonds is 6. The lowest BCUT2D eigenvalue weighted by Crippen LogP contribution is -2.28. The normalized spacial score (nSPS) is 22.6. The van der Waals surface area contributed by atoms with Crippen LogP contribution in [0.5, 0.6) is 0 Å². The van der Waals surface area contributed by atoms with E-state index < -0.39 is 24.2 Å². The average Bonchev–Trinajstić information content (AvgIpc) is 2.97. The zero-order chi connectivity index (χ0) is 27.5. The van der Waals surface area contributed by atoms with Gasteiger partial charge in [0, 0.05) is 0 Å². The summed E-state index contributed by atoms with van der Waals surface area (Å²) in [6, 6.07) is 16.4. The van der Waals surface area contributed by atoms with Crippen LogP contribution in [0.3, 0.4) is 0 Å². The van der Waals surface area contributed by atoms with Crippen molar-refractivity contribution >= 4 is 24.2 Å². The van der Waals surface area contributed by atoms with Crippen molar-refractivity contribution in [1.29, 1.82) is 0 Å². The molecule has 0 heterocycles. The van der Waals surface area contributed by atoms with Crippen molar-refractivity contribution in [3.8, 4) is 0 Å². The SMILES string of the molecule is O=C(OOC(=O)c1ccccc1)OC1CCC(CC2CCC(OC(=O)OOC(=O)c3ccccc3)CC2)CC1. The van der Waals surface area contributed by atoms with Crippen LogP contribution in [0.25, 0.3) is 0 Å². The first-order chi connectivity index (χ1) is 19.0. The molecule has 0 N–H and O–H groups in total. The molecule has 0 saturated heterocycles. The van der Waals surface area contributed by atoms with Crippen molar-refractivity contribution in [3.05, 3.63) is 71.8 Å². The molecule has 208 valence electrons. The molecule has 4 rings (SSSR count). The summed E-state index contributed by atoms with van der Waals surface area (Å²) in [6.07, 6.45) is 5.09. The van der Waals surface area contributed by atoms with Gasteiger partial charge in [0.05, 0.1) is 11.1 Å². The van der Waals surface area contributed by atoms with Gasteiger partial charge in [-0.25, -0.2) is 29.1 Å². The molecule has 39 heavy (non-hydrogen) atoms. The number of benzene rings is 2. The van der Waals surface area contributed by atoms with Gasteiger partial charge in [-0.2, -0.15) is 9.59 Å². The largest absolute Gasteiger partial charge is 0.550 e. The standard InChI is InChI=1S/C29H32O10/c30-26(22-7-3-1-4-8-22)36-38-28(32)34-24-15-11-20(12-16-24)19-21-13-17-25(18-14-21)35-29(33)39-37-27(31)23-9-5-2-6-10-23/h1-10,20-21,24-25H,11-19H2. The lowest BCUT2D eigenvalue weighted by molar-refractivity contribution is -0.208. The van der Waals surface area contributed by atoms with E-state index in [4.69, 9.17) is 9.47 Å². The Kier molecular flexibility index (Phi) is 10.2. The molecule has 10 heteroatoms. The molecule has 0 bridgehead atoms. The molecule has 10 nitrogen and oxygen atoms in total. The highest BCUT2D eigenvalue weighted by Crippen LogP contribution is 2.36. The summed E-state index contributed by atoms with van der Waals surface area (Å²) < 4.78 is 10.6. The molecular formula is C29H32O10. The number of hydrogen-bond donors (Lipinski definition) is 0. The van der Waals surface area contributed by atoms with Gasteiger partial charge in [-0.05, 0) is 93.9 Å². The van der Waals surface area contributed by atoms with Crippen LogP contribution in [-0.2, 0) is 29.0 Å². The Labute approximate surface area is 226 Å². The van der Waals surface area contributed by atoms with Gasteiger partial charge in [0.25, 0.3) is 0 Å². The third-order valence-electron chi connectivity index (χ3n) is 7.17. The zero-order valence-corrected chi connectivity index (χ0v) is 21.5. The molecule has 2 aromatic rings. The van der Waals surface area contributed by atoms with Crippen LogP contribution >= 0.6 is 0 Å². The minimum absolute atomic E-state index is 0.268. The van der Waals surface area contributed by atoms with Crippen molar-refractivity contribution in [2.75, 3.05) is 0 Å². The molecule has 2 fully saturated rings. The number of ether oxygens (including phenoxy) is 2. The molecule has 0 spiro atoms. The molecule has 0 atom stereocenters. The van der Waals surface area contributed by atoms with E-state index in [1.165, 1.54) is 0 Å². The van der Waals surface area contributed by atoms with Crippen LogP contribution in [0.15, 0.2) is 60.7 Å². The molecule has 0 radical (unpaired) electrons. The molecule has 2 saturated carbocycles. The van der Waals surface area contributed by atoms with Crippen LogP contribution in [0.4, 0.5) is 9.59 Å². The zero-order valence-electron chi connectivity index (χ0n) is 21.5. The van der Waals surface area contributed by atoms with Gasteiger partial charge in [-0.15, -0.1) is 0 Å². The summed E-state index contributed by atoms with van der Waals surface area (Å²) >= 11 is 0. The summed E-state index contributed by atoms with van der Waals surface area (Å²) in [5, 5.41) is 0. The van der Waals surface area contributed by atoms with E-state index in [-0.39, 0.29) is 23.3 Å². The van der Waals surface area contributed by atoms with Crippen LogP contribution in [0.1, 0.15) is 78.5 Å². The van der Waals surface area contributed by atoms with Crippen LogP contribution in [0, 0.1) is 11.8 Å². The number of hydrogen-bond acceptors (Lipinski definition) is 10. The van der Waals surface area contributed by atoms with Gasteiger partial charge < -0.3 is 9.47 Å². The highest BCUT2D eigenvalue weighted by atomic mass is 17.2. The van der Waals surface area contributed by atoms with Crippen molar-refractivity contribution in [1.82, 2.24) is 0 Å². The van der Waals surface area contributed by atoms with Crippen molar-refractivity contribution in [2.24, 2.45) is 11.8 Å². The molecule has 2 aromatic carbocycles. The summed E-state index contributed by atoms with van der Waals surface area (Å²) in [6.45, 7) is 0. The topological polar surface area (TPSA) is 124 Å². The predicted molar refractivity (Wildman–Crippen MR) is 135 cm³/mol. The van der Waals surface area contributed by atoms with Gasteiger partial charge in [0.1, 0.15) is 12.2 Å². The van der Waals surface area contributed by atoms with Crippen LogP contribution in [0.2, 0.25) is 0 Å².